The summed E-state index contributed by atoms with van der Waals surface area (Å²) in [6.45, 7) is 1.71. The second-order valence-electron chi connectivity index (χ2n) is 2.84. The molecule has 1 aromatic rings. The van der Waals surface area contributed by atoms with Gasteiger partial charge < -0.3 is 5.73 Å². The lowest BCUT2D eigenvalue weighted by Crippen LogP contribution is -2.32. The Morgan fingerprint density at radius 2 is 2.00 bits per heavy atom. The van der Waals surface area contributed by atoms with Crippen LogP contribution in [0.5, 0.6) is 0 Å². The number of hydrogen-bond donors (Lipinski definition) is 3. The van der Waals surface area contributed by atoms with Crippen LogP contribution < -0.4 is 17.0 Å². The van der Waals surface area contributed by atoms with E-state index in [0.29, 0.717) is 5.56 Å². The molecule has 0 unspecified atom stereocenters. The highest BCUT2D eigenvalue weighted by atomic mass is 16.2. The lowest BCUT2D eigenvalue weighted by molar-refractivity contribution is 0.0935. The molecule has 5 N–H and O–H groups in total. The average Bonchev–Trinajstić information content (AvgIpc) is 2.16. The molecule has 1 aromatic carbocycles. The summed E-state index contributed by atoms with van der Waals surface area (Å²) >= 11 is 0. The number of amides is 2. The highest BCUT2D eigenvalue weighted by Crippen LogP contribution is 2.13. The Kier molecular flexibility index (Phi) is 2.83. The largest absolute Gasteiger partial charge is 0.366 e. The van der Waals surface area contributed by atoms with E-state index < -0.39 is 11.8 Å². The molecule has 0 fully saturated rings. The van der Waals surface area contributed by atoms with Crippen LogP contribution in [-0.2, 0) is 0 Å². The fraction of sp³-hybridized carbons (Fsp3) is 0.111. The lowest BCUT2D eigenvalue weighted by atomic mass is 10.0. The Balaban J connectivity index is 3.36. The summed E-state index contributed by atoms with van der Waals surface area (Å²) in [5, 5.41) is 0. The number of hydrogen-bond acceptors (Lipinski definition) is 3. The monoisotopic (exact) mass is 193 g/mol. The normalized spacial score (nSPS) is 9.57. The zero-order chi connectivity index (χ0) is 10.7. The van der Waals surface area contributed by atoms with E-state index in [0.717, 1.165) is 0 Å². The van der Waals surface area contributed by atoms with Crippen LogP contribution in [0.25, 0.3) is 0 Å². The van der Waals surface area contributed by atoms with E-state index in [2.05, 4.69) is 0 Å². The van der Waals surface area contributed by atoms with Crippen molar-refractivity contribution in [3.8, 4) is 0 Å². The lowest BCUT2D eigenvalue weighted by Gasteiger charge is -2.07. The number of rotatable bonds is 2. The first-order valence-corrected chi connectivity index (χ1v) is 3.98. The van der Waals surface area contributed by atoms with Gasteiger partial charge in [-0.2, -0.15) is 0 Å². The molecular formula is C9H11N3O2. The van der Waals surface area contributed by atoms with Gasteiger partial charge in [-0.15, -0.1) is 0 Å². The topological polar surface area (TPSA) is 98.2 Å². The van der Waals surface area contributed by atoms with Gasteiger partial charge in [0.25, 0.3) is 5.91 Å². The SMILES string of the molecule is Cc1cccc(C(N)=O)c1C(=O)NN. The summed E-state index contributed by atoms with van der Waals surface area (Å²) in [7, 11) is 0. The molecule has 0 aliphatic heterocycles. The van der Waals surface area contributed by atoms with Crippen molar-refractivity contribution in [2.75, 3.05) is 0 Å². The Labute approximate surface area is 81.0 Å². The van der Waals surface area contributed by atoms with E-state index in [1.165, 1.54) is 6.07 Å². The standard InChI is InChI=1S/C9H11N3O2/c1-5-3-2-4-6(8(10)13)7(5)9(14)12-11/h2-4H,11H2,1H3,(H2,10,13)(H,12,14). The fourth-order valence-corrected chi connectivity index (χ4v) is 1.25. The number of hydrazine groups is 1. The maximum atomic E-state index is 11.3. The third kappa shape index (κ3) is 1.72. The first-order chi connectivity index (χ1) is 6.57. The number of nitrogen functional groups attached to an aromatic ring is 1. The summed E-state index contributed by atoms with van der Waals surface area (Å²) < 4.78 is 0. The van der Waals surface area contributed by atoms with Crippen LogP contribution in [0.1, 0.15) is 26.3 Å². The fourth-order valence-electron chi connectivity index (χ4n) is 1.25. The Morgan fingerprint density at radius 1 is 1.36 bits per heavy atom. The highest BCUT2D eigenvalue weighted by molar-refractivity contribution is 6.07. The van der Waals surface area contributed by atoms with Crippen molar-refractivity contribution < 1.29 is 9.59 Å². The Morgan fingerprint density at radius 3 is 2.50 bits per heavy atom. The molecule has 2 amide bonds. The second-order valence-corrected chi connectivity index (χ2v) is 2.84. The molecule has 0 aromatic heterocycles. The number of nitrogens with two attached hydrogens (primary N) is 2. The van der Waals surface area contributed by atoms with Crippen molar-refractivity contribution in [2.45, 2.75) is 6.92 Å². The zero-order valence-corrected chi connectivity index (χ0v) is 7.70. The van der Waals surface area contributed by atoms with E-state index in [-0.39, 0.29) is 11.1 Å². The van der Waals surface area contributed by atoms with Crippen molar-refractivity contribution in [1.82, 2.24) is 5.43 Å². The van der Waals surface area contributed by atoms with Crippen molar-refractivity contribution in [1.29, 1.82) is 0 Å². The van der Waals surface area contributed by atoms with Gasteiger partial charge in [-0.3, -0.25) is 15.0 Å². The van der Waals surface area contributed by atoms with Gasteiger partial charge in [-0.05, 0) is 18.6 Å². The van der Waals surface area contributed by atoms with Crippen LogP contribution in [0.2, 0.25) is 0 Å². The number of carbonyl (C=O) groups excluding carboxylic acids is 2. The number of aryl methyl sites for hydroxylation is 1. The molecule has 14 heavy (non-hydrogen) atoms. The van der Waals surface area contributed by atoms with E-state index in [4.69, 9.17) is 11.6 Å². The summed E-state index contributed by atoms with van der Waals surface area (Å²) in [6, 6.07) is 4.85. The number of nitrogens with one attached hydrogen (secondary N) is 1. The second kappa shape index (κ2) is 3.89. The maximum absolute atomic E-state index is 11.3. The molecular weight excluding hydrogens is 182 g/mol. The first kappa shape index (κ1) is 10.2. The third-order valence-corrected chi connectivity index (χ3v) is 1.90. The van der Waals surface area contributed by atoms with E-state index in [1.807, 2.05) is 5.43 Å². The van der Waals surface area contributed by atoms with E-state index in [9.17, 15) is 9.59 Å². The molecule has 5 nitrogen and oxygen atoms in total. The highest BCUT2D eigenvalue weighted by Gasteiger charge is 2.15. The summed E-state index contributed by atoms with van der Waals surface area (Å²) in [6.07, 6.45) is 0. The van der Waals surface area contributed by atoms with Gasteiger partial charge >= 0.3 is 0 Å². The third-order valence-electron chi connectivity index (χ3n) is 1.90. The Bertz CT molecular complexity index is 388. The van der Waals surface area contributed by atoms with Crippen LogP contribution in [0.15, 0.2) is 18.2 Å². The summed E-state index contributed by atoms with van der Waals surface area (Å²) in [5.41, 5.74) is 8.14. The summed E-state index contributed by atoms with van der Waals surface area (Å²) in [5.74, 6) is 3.83. The van der Waals surface area contributed by atoms with E-state index >= 15 is 0 Å². The molecule has 1 rings (SSSR count). The molecule has 0 aliphatic carbocycles. The molecule has 0 bridgehead atoms. The predicted molar refractivity (Wildman–Crippen MR) is 51.4 cm³/mol. The minimum absolute atomic E-state index is 0.174. The Hall–Kier alpha value is -1.88. The van der Waals surface area contributed by atoms with Crippen molar-refractivity contribution in [3.05, 3.63) is 34.9 Å². The van der Waals surface area contributed by atoms with Crippen LogP contribution in [0, 0.1) is 6.92 Å². The van der Waals surface area contributed by atoms with Crippen LogP contribution in [0.4, 0.5) is 0 Å². The van der Waals surface area contributed by atoms with E-state index in [1.54, 1.807) is 19.1 Å². The average molecular weight is 193 g/mol. The molecule has 0 atom stereocenters. The molecule has 5 heteroatoms. The van der Waals surface area contributed by atoms with Crippen molar-refractivity contribution >= 4 is 11.8 Å². The molecule has 0 saturated carbocycles. The molecule has 0 saturated heterocycles. The van der Waals surface area contributed by atoms with Gasteiger partial charge in [-0.25, -0.2) is 5.84 Å². The quantitative estimate of drug-likeness (QED) is 0.341. The first-order valence-electron chi connectivity index (χ1n) is 3.98. The molecule has 74 valence electrons. The summed E-state index contributed by atoms with van der Waals surface area (Å²) in [4.78, 5) is 22.3. The van der Waals surface area contributed by atoms with Crippen LogP contribution >= 0.6 is 0 Å². The van der Waals surface area contributed by atoms with Gasteiger partial charge in [0.2, 0.25) is 5.91 Å². The molecule has 0 spiro atoms. The maximum Gasteiger partial charge on any atom is 0.266 e. The minimum Gasteiger partial charge on any atom is -0.366 e. The zero-order valence-electron chi connectivity index (χ0n) is 7.70. The van der Waals surface area contributed by atoms with Gasteiger partial charge in [-0.1, -0.05) is 12.1 Å². The van der Waals surface area contributed by atoms with Gasteiger partial charge in [0.15, 0.2) is 0 Å². The molecule has 0 heterocycles. The predicted octanol–water partition coefficient (Wildman–Crippen LogP) is -0.303. The number of primary amides is 1. The molecule has 0 radical (unpaired) electrons. The minimum atomic E-state index is -0.646. The van der Waals surface area contributed by atoms with Crippen molar-refractivity contribution in [3.63, 3.8) is 0 Å². The number of carbonyl (C=O) groups is 2. The van der Waals surface area contributed by atoms with Crippen LogP contribution in [0.3, 0.4) is 0 Å². The molecule has 0 aliphatic rings. The van der Waals surface area contributed by atoms with Gasteiger partial charge in [0, 0.05) is 0 Å². The smallest absolute Gasteiger partial charge is 0.266 e. The van der Waals surface area contributed by atoms with Gasteiger partial charge in [0.1, 0.15) is 0 Å². The van der Waals surface area contributed by atoms with Gasteiger partial charge in [0.05, 0.1) is 11.1 Å². The van der Waals surface area contributed by atoms with Crippen LogP contribution in [-0.4, -0.2) is 11.8 Å². The van der Waals surface area contributed by atoms with Crippen molar-refractivity contribution in [2.24, 2.45) is 11.6 Å². The number of benzene rings is 1.